The van der Waals surface area contributed by atoms with E-state index in [-0.39, 0.29) is 17.1 Å². The monoisotopic (exact) mass is 434 g/mol. The van der Waals surface area contributed by atoms with Gasteiger partial charge in [-0.1, -0.05) is 6.07 Å². The minimum atomic E-state index is -0.966. The Labute approximate surface area is 181 Å². The van der Waals surface area contributed by atoms with E-state index in [1.807, 2.05) is 4.90 Å². The first-order chi connectivity index (χ1) is 15.5. The second kappa shape index (κ2) is 7.66. The molecule has 0 unspecified atom stereocenters. The van der Waals surface area contributed by atoms with E-state index in [2.05, 4.69) is 15.0 Å². The quantitative estimate of drug-likeness (QED) is 0.506. The molecule has 3 N–H and O–H groups in total. The number of hydrogen-bond acceptors (Lipinski definition) is 5. The van der Waals surface area contributed by atoms with Gasteiger partial charge in [0.15, 0.2) is 11.6 Å². The summed E-state index contributed by atoms with van der Waals surface area (Å²) in [4.78, 5) is 13.7. The van der Waals surface area contributed by atoms with Gasteiger partial charge < -0.3 is 15.6 Å². The average Bonchev–Trinajstić information content (AvgIpc) is 3.41. The van der Waals surface area contributed by atoms with Crippen molar-refractivity contribution in [1.29, 1.82) is 5.26 Å². The van der Waals surface area contributed by atoms with Crippen molar-refractivity contribution in [2.24, 2.45) is 5.73 Å². The van der Waals surface area contributed by atoms with E-state index >= 15 is 4.39 Å². The van der Waals surface area contributed by atoms with Crippen LogP contribution in [0.4, 0.5) is 18.9 Å². The van der Waals surface area contributed by atoms with E-state index in [0.717, 1.165) is 12.5 Å². The Balaban J connectivity index is 1.77. The summed E-state index contributed by atoms with van der Waals surface area (Å²) in [5.41, 5.74) is 7.65. The Kier molecular flexibility index (Phi) is 4.79. The Morgan fingerprint density at radius 3 is 2.59 bits per heavy atom. The van der Waals surface area contributed by atoms with E-state index in [1.165, 1.54) is 18.3 Å². The van der Waals surface area contributed by atoms with Gasteiger partial charge in [0.25, 0.3) is 0 Å². The molecule has 3 heterocycles. The molecular formula is C23H17F3N6. The number of halogens is 3. The molecule has 4 aromatic rings. The molecule has 1 saturated heterocycles. The number of nitrogens with two attached hydrogens (primary N) is 1. The molecule has 0 aliphatic carbocycles. The topological polar surface area (TPSA) is 94.6 Å². The van der Waals surface area contributed by atoms with Crippen molar-refractivity contribution in [3.8, 4) is 28.6 Å². The summed E-state index contributed by atoms with van der Waals surface area (Å²) in [6, 6.07) is 8.43. The van der Waals surface area contributed by atoms with Gasteiger partial charge in [-0.25, -0.2) is 18.2 Å². The normalized spacial score (nSPS) is 16.0. The third-order valence-corrected chi connectivity index (χ3v) is 5.67. The van der Waals surface area contributed by atoms with Crippen LogP contribution in [-0.4, -0.2) is 34.1 Å². The van der Waals surface area contributed by atoms with Crippen LogP contribution in [-0.2, 0) is 0 Å². The highest BCUT2D eigenvalue weighted by molar-refractivity contribution is 5.91. The molecule has 1 fully saturated rings. The molecule has 1 aliphatic heterocycles. The number of anilines is 1. The summed E-state index contributed by atoms with van der Waals surface area (Å²) in [7, 11) is 0. The molecule has 1 aliphatic rings. The van der Waals surface area contributed by atoms with Gasteiger partial charge in [0.1, 0.15) is 28.8 Å². The molecule has 32 heavy (non-hydrogen) atoms. The number of benzene rings is 2. The lowest BCUT2D eigenvalue weighted by atomic mass is 9.99. The number of hydrogen-bond donors (Lipinski definition) is 2. The van der Waals surface area contributed by atoms with E-state index in [4.69, 9.17) is 5.73 Å². The number of imidazole rings is 1. The lowest BCUT2D eigenvalue weighted by Gasteiger charge is -2.24. The molecule has 2 aromatic heterocycles. The molecule has 0 saturated carbocycles. The van der Waals surface area contributed by atoms with Crippen molar-refractivity contribution in [3.05, 3.63) is 65.7 Å². The van der Waals surface area contributed by atoms with Gasteiger partial charge in [-0.15, -0.1) is 0 Å². The maximum atomic E-state index is 15.1. The fourth-order valence-electron chi connectivity index (χ4n) is 4.14. The maximum Gasteiger partial charge on any atom is 0.151 e. The van der Waals surface area contributed by atoms with Crippen LogP contribution in [0.5, 0.6) is 0 Å². The molecule has 0 radical (unpaired) electrons. The highest BCUT2D eigenvalue weighted by atomic mass is 19.1. The molecule has 0 bridgehead atoms. The smallest absolute Gasteiger partial charge is 0.151 e. The second-order valence-electron chi connectivity index (χ2n) is 7.70. The number of nitrogens with zero attached hydrogens (tertiary/aromatic N) is 4. The summed E-state index contributed by atoms with van der Waals surface area (Å²) in [5, 5.41) is 9.20. The van der Waals surface area contributed by atoms with Gasteiger partial charge in [0.2, 0.25) is 0 Å². The number of aromatic amines is 1. The van der Waals surface area contributed by atoms with Crippen LogP contribution in [0.15, 0.2) is 42.7 Å². The van der Waals surface area contributed by atoms with Crippen molar-refractivity contribution >= 4 is 16.7 Å². The van der Waals surface area contributed by atoms with Crippen molar-refractivity contribution in [2.45, 2.75) is 12.5 Å². The van der Waals surface area contributed by atoms with Gasteiger partial charge in [-0.2, -0.15) is 5.26 Å². The highest BCUT2D eigenvalue weighted by Gasteiger charge is 2.28. The molecule has 0 amide bonds. The van der Waals surface area contributed by atoms with Gasteiger partial charge in [-0.05, 0) is 30.7 Å². The molecule has 1 atom stereocenters. The predicted molar refractivity (Wildman–Crippen MR) is 114 cm³/mol. The molecule has 5 rings (SSSR count). The number of H-pyrrole nitrogens is 1. The highest BCUT2D eigenvalue weighted by Crippen LogP contribution is 2.41. The Morgan fingerprint density at radius 1 is 1.06 bits per heavy atom. The zero-order valence-electron chi connectivity index (χ0n) is 16.7. The Bertz CT molecular complexity index is 1390. The number of nitriles is 1. The van der Waals surface area contributed by atoms with E-state index < -0.39 is 23.0 Å². The van der Waals surface area contributed by atoms with Crippen LogP contribution in [0.2, 0.25) is 0 Å². The summed E-state index contributed by atoms with van der Waals surface area (Å²) in [5.74, 6) is -2.01. The zero-order valence-corrected chi connectivity index (χ0v) is 16.7. The maximum absolute atomic E-state index is 15.1. The molecule has 6 nitrogen and oxygen atoms in total. The third kappa shape index (κ3) is 3.16. The minimum absolute atomic E-state index is 0.0371. The summed E-state index contributed by atoms with van der Waals surface area (Å²) < 4.78 is 43.3. The number of fused-ring (bicyclic) bond motifs is 1. The lowest BCUT2D eigenvalue weighted by molar-refractivity contribution is 0.579. The van der Waals surface area contributed by atoms with Crippen LogP contribution >= 0.6 is 0 Å². The Morgan fingerprint density at radius 2 is 1.88 bits per heavy atom. The molecule has 0 spiro atoms. The first kappa shape index (κ1) is 20.0. The standard InChI is InChI=1S/C23H17F3N6/c24-17-5-4-13(20(26)14(17)8-27)15-9-29-10-16(22(15)32-7-6-12(28)11-32)23-30-19-3-1-2-18(25)21(19)31-23/h1-5,9-10,12H,6-7,11,28H2,(H,30,31)/t12-/m0/s1. The first-order valence-corrected chi connectivity index (χ1v) is 9.99. The SMILES string of the molecule is N#Cc1c(F)ccc(-c2cncc(-c3nc4c(F)cccc4[nH]3)c2N2CC[C@H](N)C2)c1F. The lowest BCUT2D eigenvalue weighted by Crippen LogP contribution is -2.27. The molecule has 160 valence electrons. The fourth-order valence-corrected chi connectivity index (χ4v) is 4.14. The number of pyridine rings is 1. The zero-order chi connectivity index (χ0) is 22.4. The Hall–Kier alpha value is -3.90. The van der Waals surface area contributed by atoms with Gasteiger partial charge in [0.05, 0.1) is 16.8 Å². The average molecular weight is 434 g/mol. The van der Waals surface area contributed by atoms with Gasteiger partial charge in [-0.3, -0.25) is 4.98 Å². The van der Waals surface area contributed by atoms with Gasteiger partial charge in [0, 0.05) is 42.7 Å². The van der Waals surface area contributed by atoms with Crippen molar-refractivity contribution in [2.75, 3.05) is 18.0 Å². The molecular weight excluding hydrogens is 417 g/mol. The van der Waals surface area contributed by atoms with Crippen molar-refractivity contribution in [3.63, 3.8) is 0 Å². The number of rotatable bonds is 3. The summed E-state index contributed by atoms with van der Waals surface area (Å²) in [6.07, 6.45) is 3.75. The second-order valence-corrected chi connectivity index (χ2v) is 7.70. The van der Waals surface area contributed by atoms with E-state index in [0.29, 0.717) is 41.2 Å². The van der Waals surface area contributed by atoms with Crippen LogP contribution in [0.3, 0.4) is 0 Å². The predicted octanol–water partition coefficient (Wildman–Crippen LogP) is 4.12. The summed E-state index contributed by atoms with van der Waals surface area (Å²) in [6.45, 7) is 1.11. The van der Waals surface area contributed by atoms with Gasteiger partial charge >= 0.3 is 0 Å². The van der Waals surface area contributed by atoms with Crippen molar-refractivity contribution < 1.29 is 13.2 Å². The third-order valence-electron chi connectivity index (χ3n) is 5.67. The largest absolute Gasteiger partial charge is 0.369 e. The van der Waals surface area contributed by atoms with Crippen LogP contribution in [0, 0.1) is 28.8 Å². The first-order valence-electron chi connectivity index (χ1n) is 9.99. The van der Waals surface area contributed by atoms with Crippen molar-refractivity contribution in [1.82, 2.24) is 15.0 Å². The van der Waals surface area contributed by atoms with E-state index in [1.54, 1.807) is 24.4 Å². The minimum Gasteiger partial charge on any atom is -0.369 e. The fraction of sp³-hybridized carbons (Fsp3) is 0.174. The summed E-state index contributed by atoms with van der Waals surface area (Å²) >= 11 is 0. The molecule has 9 heteroatoms. The number of para-hydroxylation sites is 1. The number of nitrogens with one attached hydrogen (secondary N) is 1. The number of aromatic nitrogens is 3. The van der Waals surface area contributed by atoms with Crippen LogP contribution < -0.4 is 10.6 Å². The van der Waals surface area contributed by atoms with Crippen LogP contribution in [0.1, 0.15) is 12.0 Å². The van der Waals surface area contributed by atoms with Crippen LogP contribution in [0.25, 0.3) is 33.5 Å². The molecule has 2 aromatic carbocycles. The van der Waals surface area contributed by atoms with E-state index in [9.17, 15) is 14.0 Å².